The Morgan fingerprint density at radius 1 is 1.44 bits per heavy atom. The zero-order valence-corrected chi connectivity index (χ0v) is 10.1. The van der Waals surface area contributed by atoms with E-state index in [4.69, 9.17) is 11.6 Å². The molecule has 1 aromatic carbocycles. The molecule has 2 aromatic rings. The molecule has 16 heavy (non-hydrogen) atoms. The number of aryl methyl sites for hydroxylation is 1. The van der Waals surface area contributed by atoms with Gasteiger partial charge in [-0.15, -0.1) is 0 Å². The minimum Gasteiger partial charge on any atom is -0.334 e. The van der Waals surface area contributed by atoms with Gasteiger partial charge in [-0.25, -0.2) is 4.98 Å². The molecule has 0 radical (unpaired) electrons. The Balaban J connectivity index is 2.40. The summed E-state index contributed by atoms with van der Waals surface area (Å²) in [5.41, 5.74) is 2.14. The van der Waals surface area contributed by atoms with Crippen molar-refractivity contribution in [2.45, 2.75) is 6.54 Å². The quantitative estimate of drug-likeness (QED) is 0.886. The van der Waals surface area contributed by atoms with Crippen LogP contribution in [0.3, 0.4) is 0 Å². The molecule has 84 valence electrons. The number of halogens is 1. The van der Waals surface area contributed by atoms with Crippen molar-refractivity contribution < 1.29 is 0 Å². The Morgan fingerprint density at radius 2 is 2.25 bits per heavy atom. The second kappa shape index (κ2) is 4.68. The van der Waals surface area contributed by atoms with Crippen LogP contribution in [-0.4, -0.2) is 16.6 Å². The summed E-state index contributed by atoms with van der Waals surface area (Å²) in [6.07, 6.45) is 3.68. The Labute approximate surface area is 100 Å². The summed E-state index contributed by atoms with van der Waals surface area (Å²) in [5, 5.41) is 3.84. The molecular formula is C12H14ClN3. The average Bonchev–Trinajstić information content (AvgIpc) is 2.65. The predicted octanol–water partition coefficient (Wildman–Crippen LogP) is 2.46. The van der Waals surface area contributed by atoms with E-state index in [1.165, 1.54) is 5.56 Å². The lowest BCUT2D eigenvalue weighted by Crippen LogP contribution is -2.05. The number of rotatable bonds is 3. The van der Waals surface area contributed by atoms with Crippen LogP contribution < -0.4 is 5.32 Å². The zero-order valence-electron chi connectivity index (χ0n) is 9.37. The van der Waals surface area contributed by atoms with Crippen molar-refractivity contribution in [3.8, 4) is 11.4 Å². The van der Waals surface area contributed by atoms with Crippen LogP contribution in [0.1, 0.15) is 5.56 Å². The SMILES string of the molecule is CNCc1ccc(-c2nccn2C)c(Cl)c1. The standard InChI is InChI=1S/C12H14ClN3/c1-14-8-9-3-4-10(11(13)7-9)12-15-5-6-16(12)2/h3-7,14H,8H2,1-2H3. The maximum absolute atomic E-state index is 6.25. The molecule has 1 heterocycles. The van der Waals surface area contributed by atoms with Gasteiger partial charge in [-0.3, -0.25) is 0 Å². The van der Waals surface area contributed by atoms with Crippen LogP contribution in [0.25, 0.3) is 11.4 Å². The Hall–Kier alpha value is -1.32. The summed E-state index contributed by atoms with van der Waals surface area (Å²) in [4.78, 5) is 4.29. The molecule has 0 amide bonds. The highest BCUT2D eigenvalue weighted by molar-refractivity contribution is 6.33. The first-order chi connectivity index (χ1) is 7.72. The molecule has 0 aliphatic heterocycles. The minimum absolute atomic E-state index is 0.738. The van der Waals surface area contributed by atoms with Gasteiger partial charge >= 0.3 is 0 Å². The number of nitrogens with one attached hydrogen (secondary N) is 1. The van der Waals surface area contributed by atoms with Gasteiger partial charge in [0.1, 0.15) is 5.82 Å². The van der Waals surface area contributed by atoms with E-state index in [-0.39, 0.29) is 0 Å². The summed E-state index contributed by atoms with van der Waals surface area (Å²) in [7, 11) is 3.88. The van der Waals surface area contributed by atoms with Gasteiger partial charge in [0.05, 0.1) is 5.02 Å². The van der Waals surface area contributed by atoms with E-state index in [1.54, 1.807) is 6.20 Å². The molecule has 0 atom stereocenters. The molecule has 0 aliphatic rings. The number of imidazole rings is 1. The largest absolute Gasteiger partial charge is 0.334 e. The first-order valence-electron chi connectivity index (χ1n) is 5.13. The lowest BCUT2D eigenvalue weighted by atomic mass is 10.1. The summed E-state index contributed by atoms with van der Waals surface area (Å²) in [6.45, 7) is 0.820. The fourth-order valence-corrected chi connectivity index (χ4v) is 1.97. The van der Waals surface area contributed by atoms with Crippen LogP contribution in [-0.2, 0) is 13.6 Å². The average molecular weight is 236 g/mol. The van der Waals surface area contributed by atoms with Crippen LogP contribution in [0.2, 0.25) is 5.02 Å². The highest BCUT2D eigenvalue weighted by atomic mass is 35.5. The molecular weight excluding hydrogens is 222 g/mol. The molecule has 1 N–H and O–H groups in total. The van der Waals surface area contributed by atoms with Gasteiger partial charge in [0.2, 0.25) is 0 Å². The van der Waals surface area contributed by atoms with Crippen molar-refractivity contribution in [2.24, 2.45) is 7.05 Å². The predicted molar refractivity (Wildman–Crippen MR) is 66.4 cm³/mol. The summed E-state index contributed by atoms with van der Waals surface area (Å²) >= 11 is 6.25. The lowest BCUT2D eigenvalue weighted by Gasteiger charge is -2.07. The molecule has 0 saturated heterocycles. The van der Waals surface area contributed by atoms with Crippen molar-refractivity contribution in [1.29, 1.82) is 0 Å². The molecule has 0 unspecified atom stereocenters. The zero-order chi connectivity index (χ0) is 11.5. The van der Waals surface area contributed by atoms with Crippen LogP contribution in [0.15, 0.2) is 30.6 Å². The molecule has 3 nitrogen and oxygen atoms in total. The summed E-state index contributed by atoms with van der Waals surface area (Å²) < 4.78 is 1.96. The van der Waals surface area contributed by atoms with Gasteiger partial charge in [0.25, 0.3) is 0 Å². The molecule has 0 saturated carbocycles. The van der Waals surface area contributed by atoms with Gasteiger partial charge in [-0.05, 0) is 24.7 Å². The fraction of sp³-hybridized carbons (Fsp3) is 0.250. The van der Waals surface area contributed by atoms with Crippen molar-refractivity contribution in [2.75, 3.05) is 7.05 Å². The number of hydrogen-bond acceptors (Lipinski definition) is 2. The molecule has 0 bridgehead atoms. The Bertz CT molecular complexity index is 491. The Morgan fingerprint density at radius 3 is 2.81 bits per heavy atom. The van der Waals surface area contributed by atoms with E-state index < -0.39 is 0 Å². The van der Waals surface area contributed by atoms with Crippen molar-refractivity contribution in [3.05, 3.63) is 41.2 Å². The highest BCUT2D eigenvalue weighted by Gasteiger charge is 2.08. The van der Waals surface area contributed by atoms with Gasteiger partial charge in [0, 0.05) is 31.5 Å². The summed E-state index contributed by atoms with van der Waals surface area (Å²) in [6, 6.07) is 6.05. The van der Waals surface area contributed by atoms with E-state index in [2.05, 4.69) is 16.4 Å². The van der Waals surface area contributed by atoms with Crippen molar-refractivity contribution >= 4 is 11.6 Å². The van der Waals surface area contributed by atoms with Crippen LogP contribution in [0, 0.1) is 0 Å². The second-order valence-electron chi connectivity index (χ2n) is 3.71. The molecule has 4 heteroatoms. The molecule has 1 aromatic heterocycles. The minimum atomic E-state index is 0.738. The molecule has 0 fully saturated rings. The van der Waals surface area contributed by atoms with Crippen LogP contribution in [0.4, 0.5) is 0 Å². The fourth-order valence-electron chi connectivity index (χ4n) is 1.68. The van der Waals surface area contributed by atoms with Gasteiger partial charge in [0.15, 0.2) is 0 Å². The third-order valence-corrected chi connectivity index (χ3v) is 2.79. The second-order valence-corrected chi connectivity index (χ2v) is 4.11. The van der Waals surface area contributed by atoms with Gasteiger partial charge < -0.3 is 9.88 Å². The monoisotopic (exact) mass is 235 g/mol. The van der Waals surface area contributed by atoms with E-state index in [0.29, 0.717) is 0 Å². The number of nitrogens with zero attached hydrogens (tertiary/aromatic N) is 2. The summed E-state index contributed by atoms with van der Waals surface area (Å²) in [5.74, 6) is 0.890. The lowest BCUT2D eigenvalue weighted by molar-refractivity contribution is 0.818. The Kier molecular flexibility index (Phi) is 3.27. The molecule has 0 spiro atoms. The van der Waals surface area contributed by atoms with Crippen LogP contribution in [0.5, 0.6) is 0 Å². The number of aromatic nitrogens is 2. The van der Waals surface area contributed by atoms with E-state index in [0.717, 1.165) is 23.0 Å². The smallest absolute Gasteiger partial charge is 0.141 e. The third kappa shape index (κ3) is 2.10. The van der Waals surface area contributed by atoms with Crippen molar-refractivity contribution in [1.82, 2.24) is 14.9 Å². The van der Waals surface area contributed by atoms with E-state index >= 15 is 0 Å². The number of hydrogen-bond donors (Lipinski definition) is 1. The third-order valence-electron chi connectivity index (χ3n) is 2.48. The highest BCUT2D eigenvalue weighted by Crippen LogP contribution is 2.27. The van der Waals surface area contributed by atoms with E-state index in [1.807, 2.05) is 37.0 Å². The maximum atomic E-state index is 6.25. The van der Waals surface area contributed by atoms with E-state index in [9.17, 15) is 0 Å². The van der Waals surface area contributed by atoms with Crippen molar-refractivity contribution in [3.63, 3.8) is 0 Å². The maximum Gasteiger partial charge on any atom is 0.141 e. The normalized spacial score (nSPS) is 10.7. The molecule has 0 aliphatic carbocycles. The van der Waals surface area contributed by atoms with Gasteiger partial charge in [-0.1, -0.05) is 17.7 Å². The van der Waals surface area contributed by atoms with Gasteiger partial charge in [-0.2, -0.15) is 0 Å². The number of benzene rings is 1. The van der Waals surface area contributed by atoms with Crippen LogP contribution >= 0.6 is 11.6 Å². The first kappa shape index (κ1) is 11.2. The topological polar surface area (TPSA) is 29.9 Å². The molecule has 2 rings (SSSR count). The first-order valence-corrected chi connectivity index (χ1v) is 5.51.